The summed E-state index contributed by atoms with van der Waals surface area (Å²) in [4.78, 5) is 57.8. The van der Waals surface area contributed by atoms with E-state index in [1.165, 1.54) is 16.2 Å². The highest BCUT2D eigenvalue weighted by molar-refractivity contribution is 8.00. The van der Waals surface area contributed by atoms with Gasteiger partial charge >= 0.3 is 4.87 Å². The van der Waals surface area contributed by atoms with Crippen LogP contribution in [0.5, 0.6) is 5.75 Å². The van der Waals surface area contributed by atoms with Crippen molar-refractivity contribution in [1.29, 1.82) is 0 Å². The fourth-order valence-corrected chi connectivity index (χ4v) is 10.5. The van der Waals surface area contributed by atoms with E-state index >= 15 is 0 Å². The summed E-state index contributed by atoms with van der Waals surface area (Å²) in [6.07, 6.45) is 0.795. The van der Waals surface area contributed by atoms with Gasteiger partial charge in [0.2, 0.25) is 17.7 Å². The van der Waals surface area contributed by atoms with E-state index in [-0.39, 0.29) is 58.1 Å². The molecular formula is C29H27N3O5S2. The van der Waals surface area contributed by atoms with Gasteiger partial charge in [-0.05, 0) is 54.9 Å². The van der Waals surface area contributed by atoms with Gasteiger partial charge in [0, 0.05) is 27.3 Å². The number of ether oxygens (including phenoxy) is 1. The highest BCUT2D eigenvalue weighted by Crippen LogP contribution is 2.68. The highest BCUT2D eigenvalue weighted by Gasteiger charge is 2.69. The molecule has 7 atom stereocenters. The average Bonchev–Trinajstić information content (AvgIpc) is 3.64. The standard InChI is InChI=1S/C29H27N3O5S2/c1-13-6-5-7-14(10-13)30-19(33)12-32-27(34)22-16-11-17(23(22)28(32)35)24-21(16)20(15-8-3-4-9-18(15)37-2)25-26(38-24)31-29(36)39-25/h3-10,16-17,20-24H,11-12H2,1-2H3,(H,30,33)(H,31,36)/t16?,17?,20-,21?,22?,23?,24?/m1/s1. The molecule has 3 aromatic rings. The van der Waals surface area contributed by atoms with E-state index < -0.39 is 11.8 Å². The van der Waals surface area contributed by atoms with E-state index in [0.29, 0.717) is 5.69 Å². The van der Waals surface area contributed by atoms with Gasteiger partial charge in [-0.3, -0.25) is 24.1 Å². The number of benzene rings is 2. The van der Waals surface area contributed by atoms with E-state index in [1.807, 2.05) is 49.4 Å². The molecule has 39 heavy (non-hydrogen) atoms. The van der Waals surface area contributed by atoms with E-state index in [2.05, 4.69) is 10.3 Å². The molecule has 4 aliphatic rings. The normalized spacial score (nSPS) is 30.2. The molecule has 200 valence electrons. The molecule has 2 aliphatic heterocycles. The van der Waals surface area contributed by atoms with Crippen molar-refractivity contribution < 1.29 is 19.1 Å². The Hall–Kier alpha value is -3.37. The Labute approximate surface area is 233 Å². The summed E-state index contributed by atoms with van der Waals surface area (Å²) in [5.74, 6) is -1.02. The molecular weight excluding hydrogens is 534 g/mol. The molecule has 2 aromatic carbocycles. The van der Waals surface area contributed by atoms with Gasteiger partial charge in [0.05, 0.1) is 24.0 Å². The first kappa shape index (κ1) is 24.7. The van der Waals surface area contributed by atoms with E-state index in [0.717, 1.165) is 33.2 Å². The zero-order chi connectivity index (χ0) is 27.0. The van der Waals surface area contributed by atoms with Crippen LogP contribution in [0.1, 0.15) is 28.3 Å². The number of rotatable bonds is 5. The van der Waals surface area contributed by atoms with E-state index in [4.69, 9.17) is 4.74 Å². The minimum atomic E-state index is -0.439. The van der Waals surface area contributed by atoms with Gasteiger partial charge < -0.3 is 15.0 Å². The van der Waals surface area contributed by atoms with Crippen molar-refractivity contribution in [3.8, 4) is 5.75 Å². The molecule has 2 aliphatic carbocycles. The lowest BCUT2D eigenvalue weighted by Crippen LogP contribution is -2.42. The third kappa shape index (κ3) is 3.71. The number of hydrogen-bond acceptors (Lipinski definition) is 7. The second-order valence-corrected chi connectivity index (χ2v) is 13.1. The van der Waals surface area contributed by atoms with Crippen molar-refractivity contribution in [2.75, 3.05) is 19.0 Å². The van der Waals surface area contributed by atoms with Crippen molar-refractivity contribution in [2.24, 2.45) is 29.6 Å². The van der Waals surface area contributed by atoms with Gasteiger partial charge in [0.25, 0.3) is 0 Å². The zero-order valence-corrected chi connectivity index (χ0v) is 23.0. The molecule has 0 spiro atoms. The minimum absolute atomic E-state index is 0.00467. The largest absolute Gasteiger partial charge is 0.496 e. The van der Waals surface area contributed by atoms with Crippen LogP contribution >= 0.6 is 23.1 Å². The number of nitrogens with zero attached hydrogens (tertiary/aromatic N) is 1. The third-order valence-corrected chi connectivity index (χ3v) is 11.5. The Kier molecular flexibility index (Phi) is 5.75. The number of hydrogen-bond donors (Lipinski definition) is 2. The number of thiazole rings is 1. The Bertz CT molecular complexity index is 1580. The van der Waals surface area contributed by atoms with E-state index in [9.17, 15) is 19.2 Å². The molecule has 10 heteroatoms. The summed E-state index contributed by atoms with van der Waals surface area (Å²) < 4.78 is 5.73. The smallest absolute Gasteiger partial charge is 0.305 e. The Morgan fingerprint density at radius 1 is 1.08 bits per heavy atom. The second kappa shape index (κ2) is 9.09. The number of H-pyrrole nitrogens is 1. The van der Waals surface area contributed by atoms with Crippen LogP contribution in [-0.4, -0.2) is 46.5 Å². The second-order valence-electron chi connectivity index (χ2n) is 10.9. The summed E-state index contributed by atoms with van der Waals surface area (Å²) in [7, 11) is 1.64. The Balaban J connectivity index is 1.21. The molecule has 2 bridgehead atoms. The molecule has 7 rings (SSSR count). The predicted octanol–water partition coefficient (Wildman–Crippen LogP) is 3.87. The molecule has 2 N–H and O–H groups in total. The average molecular weight is 562 g/mol. The van der Waals surface area contributed by atoms with Gasteiger partial charge in [-0.2, -0.15) is 0 Å². The summed E-state index contributed by atoms with van der Waals surface area (Å²) in [5, 5.41) is 3.77. The van der Waals surface area contributed by atoms with Crippen molar-refractivity contribution in [3.63, 3.8) is 0 Å². The number of fused-ring (bicyclic) bond motifs is 9. The molecule has 3 fully saturated rings. The molecule has 3 heterocycles. The fraction of sp³-hybridized carbons (Fsp3) is 0.379. The lowest BCUT2D eigenvalue weighted by atomic mass is 9.68. The van der Waals surface area contributed by atoms with Crippen LogP contribution in [0.25, 0.3) is 0 Å². The van der Waals surface area contributed by atoms with Gasteiger partial charge in [-0.25, -0.2) is 0 Å². The number of aromatic nitrogens is 1. The van der Waals surface area contributed by atoms with Gasteiger partial charge in [0.1, 0.15) is 12.3 Å². The van der Waals surface area contributed by atoms with Crippen molar-refractivity contribution in [1.82, 2.24) is 9.88 Å². The number of aromatic amines is 1. The number of carbonyl (C=O) groups is 3. The number of carbonyl (C=O) groups excluding carboxylic acids is 3. The maximum absolute atomic E-state index is 13.8. The summed E-state index contributed by atoms with van der Waals surface area (Å²) >= 11 is 2.87. The molecule has 8 nitrogen and oxygen atoms in total. The molecule has 0 radical (unpaired) electrons. The van der Waals surface area contributed by atoms with Crippen LogP contribution in [-0.2, 0) is 14.4 Å². The lowest BCUT2D eigenvalue weighted by molar-refractivity contribution is -0.143. The number of anilines is 1. The molecule has 2 saturated carbocycles. The molecule has 1 saturated heterocycles. The van der Waals surface area contributed by atoms with Crippen molar-refractivity contribution >= 4 is 46.5 Å². The number of thioether (sulfide) groups is 1. The summed E-state index contributed by atoms with van der Waals surface area (Å²) in [6.45, 7) is 1.65. The van der Waals surface area contributed by atoms with Crippen LogP contribution in [0.4, 0.5) is 5.69 Å². The third-order valence-electron chi connectivity index (χ3n) is 8.89. The first-order chi connectivity index (χ1) is 18.9. The zero-order valence-electron chi connectivity index (χ0n) is 21.4. The first-order valence-corrected chi connectivity index (χ1v) is 14.8. The Morgan fingerprint density at radius 3 is 2.62 bits per heavy atom. The minimum Gasteiger partial charge on any atom is -0.496 e. The van der Waals surface area contributed by atoms with Crippen LogP contribution in [0.3, 0.4) is 0 Å². The van der Waals surface area contributed by atoms with Crippen LogP contribution in [0.2, 0.25) is 0 Å². The molecule has 1 aromatic heterocycles. The van der Waals surface area contributed by atoms with Crippen LogP contribution < -0.4 is 14.9 Å². The molecule has 6 unspecified atom stereocenters. The number of para-hydroxylation sites is 1. The van der Waals surface area contributed by atoms with Crippen molar-refractivity contribution in [3.05, 3.63) is 74.2 Å². The highest BCUT2D eigenvalue weighted by atomic mass is 32.2. The fourth-order valence-electron chi connectivity index (χ4n) is 7.57. The maximum Gasteiger partial charge on any atom is 0.305 e. The number of imide groups is 1. The summed E-state index contributed by atoms with van der Waals surface area (Å²) in [6, 6.07) is 15.3. The number of likely N-dealkylation sites (tertiary alicyclic amines) is 1. The lowest BCUT2D eigenvalue weighted by Gasteiger charge is -2.43. The Morgan fingerprint density at radius 2 is 1.85 bits per heavy atom. The number of amides is 3. The SMILES string of the molecule is COc1ccccc1[C@H]1c2sc(=O)[nH]c2SC2C3CC(C4C(=O)N(CC(=O)Nc5cccc(C)c5)C(=O)C34)C21. The van der Waals surface area contributed by atoms with E-state index in [1.54, 1.807) is 24.9 Å². The van der Waals surface area contributed by atoms with Gasteiger partial charge in [0.15, 0.2) is 0 Å². The number of aryl methyl sites for hydroxylation is 1. The summed E-state index contributed by atoms with van der Waals surface area (Å²) in [5.41, 5.74) is 2.65. The molecule has 3 amide bonds. The van der Waals surface area contributed by atoms with Gasteiger partial charge in [-0.15, -0.1) is 11.8 Å². The number of methoxy groups -OCH3 is 1. The first-order valence-electron chi connectivity index (χ1n) is 13.1. The predicted molar refractivity (Wildman–Crippen MR) is 148 cm³/mol. The van der Waals surface area contributed by atoms with Crippen LogP contribution in [0, 0.1) is 36.5 Å². The van der Waals surface area contributed by atoms with Crippen LogP contribution in [0.15, 0.2) is 58.4 Å². The maximum atomic E-state index is 13.8. The number of nitrogens with one attached hydrogen (secondary N) is 2. The topological polar surface area (TPSA) is 109 Å². The monoisotopic (exact) mass is 561 g/mol. The quantitative estimate of drug-likeness (QED) is 0.458. The van der Waals surface area contributed by atoms with Crippen molar-refractivity contribution in [2.45, 2.75) is 29.5 Å². The van der Waals surface area contributed by atoms with Gasteiger partial charge in [-0.1, -0.05) is 41.7 Å².